The van der Waals surface area contributed by atoms with Crippen LogP contribution in [0.3, 0.4) is 0 Å². The van der Waals surface area contributed by atoms with Gasteiger partial charge in [0.1, 0.15) is 0 Å². The number of fused-ring (bicyclic) bond motifs is 2. The van der Waals surface area contributed by atoms with Gasteiger partial charge in [0.2, 0.25) is 5.95 Å². The minimum atomic E-state index is -4.50. The number of nitrogens with zero attached hydrogens (tertiary/aromatic N) is 3. The van der Waals surface area contributed by atoms with Crippen LogP contribution >= 0.6 is 0 Å². The maximum Gasteiger partial charge on any atom is 0.433 e. The summed E-state index contributed by atoms with van der Waals surface area (Å²) in [5, 5.41) is 0. The highest BCUT2D eigenvalue weighted by atomic mass is 19.4. The van der Waals surface area contributed by atoms with Gasteiger partial charge in [-0.25, -0.2) is 9.97 Å². The molecule has 0 N–H and O–H groups in total. The number of hydrogen-bond donors (Lipinski definition) is 0. The molecule has 2 bridgehead atoms. The summed E-state index contributed by atoms with van der Waals surface area (Å²) >= 11 is 0. The van der Waals surface area contributed by atoms with E-state index in [4.69, 9.17) is 0 Å². The molecule has 4 rings (SSSR count). The Morgan fingerprint density at radius 1 is 1.04 bits per heavy atom. The topological polar surface area (TPSA) is 29.0 Å². The van der Waals surface area contributed by atoms with Gasteiger partial charge in [-0.05, 0) is 36.2 Å². The Hall–Kier alpha value is -2.11. The maximum absolute atomic E-state index is 13.5. The predicted molar refractivity (Wildman–Crippen MR) is 99.3 cm³/mol. The second-order valence-electron chi connectivity index (χ2n) is 9.14. The molecule has 0 spiro atoms. The van der Waals surface area contributed by atoms with Crippen LogP contribution in [0.1, 0.15) is 45.7 Å². The van der Waals surface area contributed by atoms with Crippen molar-refractivity contribution >= 4 is 5.95 Å². The first-order chi connectivity index (χ1) is 12.5. The first-order valence-corrected chi connectivity index (χ1v) is 9.33. The van der Waals surface area contributed by atoms with Gasteiger partial charge in [0.05, 0.1) is 5.69 Å². The lowest BCUT2D eigenvalue weighted by atomic mass is 9.65. The molecule has 0 unspecified atom stereocenters. The molecule has 1 aromatic heterocycles. The van der Waals surface area contributed by atoms with E-state index in [1.54, 1.807) is 24.3 Å². The van der Waals surface area contributed by atoms with Gasteiger partial charge in [0, 0.05) is 18.2 Å². The number of anilines is 1. The van der Waals surface area contributed by atoms with Crippen LogP contribution in [-0.4, -0.2) is 22.6 Å². The summed E-state index contributed by atoms with van der Waals surface area (Å²) in [6.45, 7) is 7.41. The van der Waals surface area contributed by atoms with Crippen molar-refractivity contribution in [2.24, 2.45) is 10.8 Å². The van der Waals surface area contributed by atoms with Gasteiger partial charge in [0.25, 0.3) is 0 Å². The highest BCUT2D eigenvalue weighted by Crippen LogP contribution is 2.53. The summed E-state index contributed by atoms with van der Waals surface area (Å²) in [4.78, 5) is 10.5. The molecule has 27 heavy (non-hydrogen) atoms. The Morgan fingerprint density at radius 3 is 2.41 bits per heavy atom. The van der Waals surface area contributed by atoms with Gasteiger partial charge < -0.3 is 4.90 Å². The third kappa shape index (κ3) is 3.54. The first-order valence-electron chi connectivity index (χ1n) is 9.33. The summed E-state index contributed by atoms with van der Waals surface area (Å²) < 4.78 is 40.5. The molecule has 2 aromatic rings. The fourth-order valence-electron chi connectivity index (χ4n) is 5.16. The molecule has 1 aliphatic carbocycles. The molecule has 0 amide bonds. The maximum atomic E-state index is 13.5. The molecule has 144 valence electrons. The zero-order chi connectivity index (χ0) is 19.4. The molecule has 6 heteroatoms. The third-order valence-electron chi connectivity index (χ3n) is 5.75. The first kappa shape index (κ1) is 18.3. The minimum Gasteiger partial charge on any atom is -0.337 e. The van der Waals surface area contributed by atoms with Crippen LogP contribution in [0.5, 0.6) is 0 Å². The van der Waals surface area contributed by atoms with Crippen molar-refractivity contribution in [3.8, 4) is 11.3 Å². The van der Waals surface area contributed by atoms with Crippen molar-refractivity contribution in [1.82, 2.24) is 9.97 Å². The zero-order valence-corrected chi connectivity index (χ0v) is 15.8. The van der Waals surface area contributed by atoms with Crippen LogP contribution in [-0.2, 0) is 6.18 Å². The van der Waals surface area contributed by atoms with Gasteiger partial charge in [-0.15, -0.1) is 0 Å². The summed E-state index contributed by atoms with van der Waals surface area (Å²) in [5.41, 5.74) is 0.379. The Balaban J connectivity index is 1.79. The Morgan fingerprint density at radius 2 is 1.74 bits per heavy atom. The Bertz CT molecular complexity index is 847. The Labute approximate surface area is 157 Å². The number of alkyl halides is 3. The third-order valence-corrected chi connectivity index (χ3v) is 5.75. The lowest BCUT2D eigenvalue weighted by molar-refractivity contribution is -0.141. The molecule has 2 heterocycles. The standard InChI is InChI=1S/C21H24F3N3/c1-19(2)10-15-11-20(3,12-19)13-27(15)18-25-16(14-7-5-4-6-8-14)9-17(26-18)21(22,23)24/h4-9,15H,10-13H2,1-3H3/t15-,20-/m1/s1. The van der Waals surface area contributed by atoms with E-state index in [2.05, 4.69) is 30.7 Å². The van der Waals surface area contributed by atoms with Crippen LogP contribution in [0.15, 0.2) is 36.4 Å². The molecule has 0 radical (unpaired) electrons. The molecule has 1 saturated heterocycles. The van der Waals surface area contributed by atoms with E-state index in [-0.39, 0.29) is 22.8 Å². The van der Waals surface area contributed by atoms with E-state index in [0.29, 0.717) is 17.8 Å². The largest absolute Gasteiger partial charge is 0.433 e. The van der Waals surface area contributed by atoms with E-state index in [0.717, 1.165) is 25.3 Å². The van der Waals surface area contributed by atoms with Crippen molar-refractivity contribution in [3.63, 3.8) is 0 Å². The molecule has 1 saturated carbocycles. The highest BCUT2D eigenvalue weighted by molar-refractivity contribution is 5.61. The zero-order valence-electron chi connectivity index (χ0n) is 15.8. The van der Waals surface area contributed by atoms with E-state index in [1.165, 1.54) is 0 Å². The minimum absolute atomic E-state index is 0.0942. The molecule has 2 atom stereocenters. The predicted octanol–water partition coefficient (Wildman–Crippen LogP) is 5.57. The van der Waals surface area contributed by atoms with Gasteiger partial charge >= 0.3 is 6.18 Å². The molecule has 1 aromatic carbocycles. The monoisotopic (exact) mass is 375 g/mol. The van der Waals surface area contributed by atoms with Crippen molar-refractivity contribution in [1.29, 1.82) is 0 Å². The average molecular weight is 375 g/mol. The van der Waals surface area contributed by atoms with Crippen LogP contribution in [0, 0.1) is 10.8 Å². The fraction of sp³-hybridized carbons (Fsp3) is 0.524. The van der Waals surface area contributed by atoms with E-state index < -0.39 is 11.9 Å². The molecule has 1 aliphatic heterocycles. The van der Waals surface area contributed by atoms with Gasteiger partial charge in [-0.1, -0.05) is 51.1 Å². The van der Waals surface area contributed by atoms with E-state index in [1.807, 2.05) is 11.0 Å². The van der Waals surface area contributed by atoms with Gasteiger partial charge in [-0.3, -0.25) is 0 Å². The van der Waals surface area contributed by atoms with Crippen molar-refractivity contribution in [2.75, 3.05) is 11.4 Å². The van der Waals surface area contributed by atoms with Gasteiger partial charge in [0.15, 0.2) is 5.69 Å². The second-order valence-corrected chi connectivity index (χ2v) is 9.14. The smallest absolute Gasteiger partial charge is 0.337 e. The average Bonchev–Trinajstić information content (AvgIpc) is 2.83. The number of halogens is 3. The second kappa shape index (κ2) is 5.94. The lowest BCUT2D eigenvalue weighted by Gasteiger charge is -2.39. The van der Waals surface area contributed by atoms with E-state index >= 15 is 0 Å². The van der Waals surface area contributed by atoms with Gasteiger partial charge in [-0.2, -0.15) is 13.2 Å². The van der Waals surface area contributed by atoms with E-state index in [9.17, 15) is 13.2 Å². The summed E-state index contributed by atoms with van der Waals surface area (Å²) in [6, 6.07) is 10.2. The highest BCUT2D eigenvalue weighted by Gasteiger charge is 2.50. The lowest BCUT2D eigenvalue weighted by Crippen LogP contribution is -2.35. The normalized spacial score (nSPS) is 27.0. The SMILES string of the molecule is CC1(C)C[C@@H]2C[C@@](C)(CN2c2nc(-c3ccccc3)cc(C(F)(F)F)n2)C1. The fourth-order valence-corrected chi connectivity index (χ4v) is 5.16. The van der Waals surface area contributed by atoms with Crippen molar-refractivity contribution in [2.45, 2.75) is 52.3 Å². The summed E-state index contributed by atoms with van der Waals surface area (Å²) in [6.07, 6.45) is -1.50. The quantitative estimate of drug-likeness (QED) is 0.687. The van der Waals surface area contributed by atoms with Crippen LogP contribution in [0.4, 0.5) is 19.1 Å². The molecular weight excluding hydrogens is 351 g/mol. The van der Waals surface area contributed by atoms with Crippen LogP contribution in [0.25, 0.3) is 11.3 Å². The Kier molecular flexibility index (Phi) is 4.02. The molecule has 2 aliphatic rings. The number of rotatable bonds is 2. The van der Waals surface area contributed by atoms with Crippen LogP contribution in [0.2, 0.25) is 0 Å². The number of benzene rings is 1. The number of hydrogen-bond acceptors (Lipinski definition) is 3. The van der Waals surface area contributed by atoms with Crippen molar-refractivity contribution in [3.05, 3.63) is 42.1 Å². The summed E-state index contributed by atoms with van der Waals surface area (Å²) in [5.74, 6) is 0.204. The number of aromatic nitrogens is 2. The molecule has 3 nitrogen and oxygen atoms in total. The van der Waals surface area contributed by atoms with Crippen LogP contribution < -0.4 is 4.90 Å². The van der Waals surface area contributed by atoms with Crippen molar-refractivity contribution < 1.29 is 13.2 Å². The molecular formula is C21H24F3N3. The molecule has 2 fully saturated rings. The summed E-state index contributed by atoms with van der Waals surface area (Å²) in [7, 11) is 0.